The molecule has 2 N–H and O–H groups in total. The zero-order valence-electron chi connectivity index (χ0n) is 13.6. The lowest BCUT2D eigenvalue weighted by molar-refractivity contribution is 0.240. The minimum absolute atomic E-state index is 0.196. The largest absolute Gasteiger partial charge is 0.344 e. The van der Waals surface area contributed by atoms with E-state index in [1.165, 1.54) is 15.6 Å². The number of carbonyl (C=O) groups is 1. The first-order valence-electron chi connectivity index (χ1n) is 8.01. The highest BCUT2D eigenvalue weighted by Crippen LogP contribution is 2.20. The third kappa shape index (κ3) is 2.38. The van der Waals surface area contributed by atoms with Gasteiger partial charge in [-0.2, -0.15) is 9.78 Å². The Morgan fingerprint density at radius 2 is 2.00 bits per heavy atom. The number of nitrogens with zero attached hydrogens (tertiary/aromatic N) is 4. The number of para-hydroxylation sites is 1. The maximum absolute atomic E-state index is 12.6. The molecule has 0 aliphatic rings. The van der Waals surface area contributed by atoms with Crippen LogP contribution in [0.5, 0.6) is 0 Å². The van der Waals surface area contributed by atoms with Crippen LogP contribution >= 0.6 is 0 Å². The quantitative estimate of drug-likeness (QED) is 0.598. The average Bonchev–Trinajstić information content (AvgIpc) is 3.22. The van der Waals surface area contributed by atoms with Crippen LogP contribution in [0.2, 0.25) is 0 Å². The van der Waals surface area contributed by atoms with Crippen LogP contribution in [0.25, 0.3) is 27.6 Å². The number of benzene rings is 1. The van der Waals surface area contributed by atoms with Gasteiger partial charge in [-0.1, -0.05) is 25.1 Å². The van der Waals surface area contributed by atoms with Gasteiger partial charge in [-0.3, -0.25) is 9.89 Å². The van der Waals surface area contributed by atoms with Gasteiger partial charge in [0.05, 0.1) is 28.2 Å². The summed E-state index contributed by atoms with van der Waals surface area (Å²) in [6.07, 6.45) is 3.85. The van der Waals surface area contributed by atoms with Crippen LogP contribution < -0.4 is 10.9 Å². The molecule has 0 saturated carbocycles. The molecule has 8 nitrogen and oxygen atoms in total. The van der Waals surface area contributed by atoms with E-state index in [2.05, 4.69) is 20.5 Å². The van der Waals surface area contributed by atoms with Crippen molar-refractivity contribution in [2.24, 2.45) is 0 Å². The van der Waals surface area contributed by atoms with E-state index in [0.717, 1.165) is 12.1 Å². The Balaban J connectivity index is 1.89. The van der Waals surface area contributed by atoms with E-state index in [9.17, 15) is 9.59 Å². The van der Waals surface area contributed by atoms with Crippen LogP contribution in [0.3, 0.4) is 0 Å². The Kier molecular flexibility index (Phi) is 3.57. The summed E-state index contributed by atoms with van der Waals surface area (Å²) in [5, 5.41) is 11.1. The molecule has 0 aliphatic carbocycles. The van der Waals surface area contributed by atoms with Crippen LogP contribution in [0.1, 0.15) is 13.3 Å². The maximum atomic E-state index is 12.6. The van der Waals surface area contributed by atoms with Crippen LogP contribution in [0.4, 0.5) is 4.79 Å². The van der Waals surface area contributed by atoms with E-state index in [1.54, 1.807) is 6.20 Å². The van der Waals surface area contributed by atoms with Crippen LogP contribution in [0, 0.1) is 0 Å². The highest BCUT2D eigenvalue weighted by molar-refractivity contribution is 6.03. The van der Waals surface area contributed by atoms with E-state index < -0.39 is 0 Å². The fourth-order valence-electron chi connectivity index (χ4n) is 2.76. The number of pyridine rings is 1. The van der Waals surface area contributed by atoms with Crippen LogP contribution in [-0.2, 0) is 0 Å². The lowest BCUT2D eigenvalue weighted by atomic mass is 10.2. The van der Waals surface area contributed by atoms with Crippen molar-refractivity contribution in [2.75, 3.05) is 6.54 Å². The Morgan fingerprint density at radius 3 is 2.76 bits per heavy atom. The second-order valence-electron chi connectivity index (χ2n) is 5.66. The van der Waals surface area contributed by atoms with Crippen LogP contribution in [0.15, 0.2) is 47.5 Å². The number of nitrogens with one attached hydrogen (secondary N) is 2. The fraction of sp³-hybridized carbons (Fsp3) is 0.176. The molecule has 4 rings (SSSR count). The number of aromatic amines is 1. The average molecular weight is 336 g/mol. The molecule has 0 radical (unpaired) electrons. The van der Waals surface area contributed by atoms with E-state index in [-0.39, 0.29) is 11.6 Å². The van der Waals surface area contributed by atoms with Crippen molar-refractivity contribution in [3.05, 3.63) is 53.1 Å². The van der Waals surface area contributed by atoms with Gasteiger partial charge in [-0.25, -0.2) is 14.5 Å². The summed E-state index contributed by atoms with van der Waals surface area (Å²) in [6.45, 7) is 2.53. The Morgan fingerprint density at radius 1 is 1.20 bits per heavy atom. The topological polar surface area (TPSA) is 97.6 Å². The summed E-state index contributed by atoms with van der Waals surface area (Å²) in [4.78, 5) is 29.1. The molecule has 3 heterocycles. The number of amides is 1. The van der Waals surface area contributed by atoms with E-state index in [4.69, 9.17) is 0 Å². The van der Waals surface area contributed by atoms with Crippen molar-refractivity contribution in [3.8, 4) is 5.69 Å². The molecule has 3 aromatic heterocycles. The number of fused-ring (bicyclic) bond motifs is 3. The summed E-state index contributed by atoms with van der Waals surface area (Å²) in [6, 6.07) is 8.93. The maximum Gasteiger partial charge on any atom is 0.344 e. The molecule has 1 amide bonds. The van der Waals surface area contributed by atoms with Gasteiger partial charge < -0.3 is 5.32 Å². The summed E-state index contributed by atoms with van der Waals surface area (Å²) in [5.74, 6) is 0. The molecule has 0 atom stereocenters. The van der Waals surface area contributed by atoms with Crippen molar-refractivity contribution in [1.29, 1.82) is 0 Å². The number of hydrogen-bond donors (Lipinski definition) is 2. The van der Waals surface area contributed by atoms with Crippen molar-refractivity contribution in [1.82, 2.24) is 29.9 Å². The molecule has 0 bridgehead atoms. The van der Waals surface area contributed by atoms with Crippen LogP contribution in [-0.4, -0.2) is 37.1 Å². The molecule has 0 saturated heterocycles. The van der Waals surface area contributed by atoms with Gasteiger partial charge in [0.2, 0.25) is 0 Å². The third-order valence-corrected chi connectivity index (χ3v) is 3.99. The molecule has 0 aliphatic heterocycles. The van der Waals surface area contributed by atoms with Crippen molar-refractivity contribution >= 4 is 28.0 Å². The first-order chi connectivity index (χ1) is 12.2. The number of aromatic nitrogens is 5. The molecular formula is C17H16N6O2. The van der Waals surface area contributed by atoms with Gasteiger partial charge in [-0.15, -0.1) is 0 Å². The Labute approximate surface area is 142 Å². The normalized spacial score (nSPS) is 11.2. The number of carbonyl (C=O) groups excluding carboxylic acids is 1. The minimum atomic E-state index is -0.339. The van der Waals surface area contributed by atoms with Gasteiger partial charge in [0.15, 0.2) is 5.65 Å². The Bertz CT molecular complexity index is 1120. The highest BCUT2D eigenvalue weighted by Gasteiger charge is 2.17. The number of rotatable bonds is 3. The van der Waals surface area contributed by atoms with Crippen molar-refractivity contribution < 1.29 is 4.79 Å². The second kappa shape index (κ2) is 5.90. The minimum Gasteiger partial charge on any atom is -0.336 e. The molecular weight excluding hydrogens is 320 g/mol. The molecule has 25 heavy (non-hydrogen) atoms. The molecule has 8 heteroatoms. The monoisotopic (exact) mass is 336 g/mol. The standard InChI is InChI=1S/C17H16N6O2/c1-2-8-18-17(25)23-15-12(10-20-23)14-13(9-19-15)16(24)22(21-14)11-6-4-3-5-7-11/h3-7,9-10,21H,2,8H2,1H3,(H,18,25). The summed E-state index contributed by atoms with van der Waals surface area (Å²) in [5.41, 5.74) is 1.54. The molecule has 1 aromatic carbocycles. The highest BCUT2D eigenvalue weighted by atomic mass is 16.2. The smallest absolute Gasteiger partial charge is 0.336 e. The molecule has 4 aromatic rings. The summed E-state index contributed by atoms with van der Waals surface area (Å²) < 4.78 is 2.67. The first kappa shape index (κ1) is 15.1. The molecule has 0 unspecified atom stereocenters. The molecule has 0 fully saturated rings. The van der Waals surface area contributed by atoms with E-state index in [0.29, 0.717) is 28.5 Å². The van der Waals surface area contributed by atoms with E-state index >= 15 is 0 Å². The SMILES string of the molecule is CCCNC(=O)n1ncc2c3[nH]n(-c4ccccc4)c(=O)c3cnc21. The summed E-state index contributed by atoms with van der Waals surface area (Å²) in [7, 11) is 0. The summed E-state index contributed by atoms with van der Waals surface area (Å²) >= 11 is 0. The first-order valence-corrected chi connectivity index (χ1v) is 8.01. The predicted octanol–water partition coefficient (Wildman–Crippen LogP) is 2.03. The Hall–Kier alpha value is -3.42. The fourth-order valence-corrected chi connectivity index (χ4v) is 2.76. The van der Waals surface area contributed by atoms with E-state index in [1.807, 2.05) is 37.3 Å². The number of H-pyrrole nitrogens is 1. The lowest BCUT2D eigenvalue weighted by Crippen LogP contribution is -2.29. The van der Waals surface area contributed by atoms with Crippen molar-refractivity contribution in [3.63, 3.8) is 0 Å². The second-order valence-corrected chi connectivity index (χ2v) is 5.66. The molecule has 0 spiro atoms. The zero-order chi connectivity index (χ0) is 17.4. The third-order valence-electron chi connectivity index (χ3n) is 3.99. The number of hydrogen-bond acceptors (Lipinski definition) is 4. The lowest BCUT2D eigenvalue weighted by Gasteiger charge is -2.03. The van der Waals surface area contributed by atoms with Gasteiger partial charge in [-0.05, 0) is 18.6 Å². The van der Waals surface area contributed by atoms with Gasteiger partial charge in [0.25, 0.3) is 5.56 Å². The molecule has 126 valence electrons. The van der Waals surface area contributed by atoms with Gasteiger partial charge in [0.1, 0.15) is 0 Å². The van der Waals surface area contributed by atoms with Gasteiger partial charge >= 0.3 is 6.03 Å². The van der Waals surface area contributed by atoms with Crippen molar-refractivity contribution in [2.45, 2.75) is 13.3 Å². The predicted molar refractivity (Wildman–Crippen MR) is 94.1 cm³/mol. The van der Waals surface area contributed by atoms with Gasteiger partial charge in [0, 0.05) is 12.7 Å². The zero-order valence-corrected chi connectivity index (χ0v) is 13.6.